The van der Waals surface area contributed by atoms with Crippen molar-refractivity contribution in [2.24, 2.45) is 0 Å². The number of nitrogens with zero attached hydrogens (tertiary/aromatic N) is 3. The van der Waals surface area contributed by atoms with Crippen LogP contribution in [0.4, 0.5) is 0 Å². The molecule has 2 aliphatic rings. The number of nitrogens with one attached hydrogen (secondary N) is 1. The zero-order valence-electron chi connectivity index (χ0n) is 20.6. The smallest absolute Gasteiger partial charge is 0.261 e. The summed E-state index contributed by atoms with van der Waals surface area (Å²) >= 11 is 0. The van der Waals surface area contributed by atoms with Crippen molar-refractivity contribution in [3.63, 3.8) is 0 Å². The van der Waals surface area contributed by atoms with Crippen LogP contribution in [-0.2, 0) is 29.0 Å². The number of ether oxygens (including phenoxy) is 1. The van der Waals surface area contributed by atoms with Gasteiger partial charge in [-0.2, -0.15) is 0 Å². The van der Waals surface area contributed by atoms with Gasteiger partial charge in [-0.1, -0.05) is 36.4 Å². The third kappa shape index (κ3) is 5.80. The van der Waals surface area contributed by atoms with Crippen LogP contribution in [-0.4, -0.2) is 45.7 Å². The van der Waals surface area contributed by atoms with E-state index in [1.54, 1.807) is 0 Å². The molecule has 5 rings (SSSR count). The number of aromatic nitrogens is 2. The molecule has 2 fully saturated rings. The lowest BCUT2D eigenvalue weighted by Gasteiger charge is -2.35. The Morgan fingerprint density at radius 2 is 1.71 bits per heavy atom. The predicted octanol–water partition coefficient (Wildman–Crippen LogP) is 3.59. The summed E-state index contributed by atoms with van der Waals surface area (Å²) < 4.78 is 7.63. The van der Waals surface area contributed by atoms with E-state index in [0.717, 1.165) is 38.0 Å². The zero-order valence-corrected chi connectivity index (χ0v) is 20.6. The topological polar surface area (TPSA) is 76.5 Å². The fraction of sp³-hybridized carbons (Fsp3) is 0.464. The van der Waals surface area contributed by atoms with Crippen LogP contribution < -0.4 is 10.9 Å². The van der Waals surface area contributed by atoms with E-state index in [1.807, 2.05) is 28.8 Å². The second-order valence-corrected chi connectivity index (χ2v) is 10.00. The molecule has 3 aromatic rings. The minimum atomic E-state index is -0.0323. The number of para-hydroxylation sites is 1. The van der Waals surface area contributed by atoms with Crippen molar-refractivity contribution in [1.82, 2.24) is 19.8 Å². The molecule has 1 aliphatic carbocycles. The lowest BCUT2D eigenvalue weighted by atomic mass is 10.1. The summed E-state index contributed by atoms with van der Waals surface area (Å²) in [6, 6.07) is 16.1. The number of aryl methyl sites for hydroxylation is 1. The fourth-order valence-corrected chi connectivity index (χ4v) is 5.03. The van der Waals surface area contributed by atoms with Crippen molar-refractivity contribution in [3.05, 3.63) is 75.8 Å². The first-order valence-corrected chi connectivity index (χ1v) is 12.7. The van der Waals surface area contributed by atoms with Crippen LogP contribution in [0.15, 0.2) is 53.3 Å². The molecule has 184 valence electrons. The van der Waals surface area contributed by atoms with Crippen LogP contribution in [0.2, 0.25) is 0 Å². The van der Waals surface area contributed by atoms with E-state index in [-0.39, 0.29) is 29.7 Å². The SMILES string of the molecule is CC1CN(Cc2ccc(CNC(=O)CCc3nc4ccccc4c(=O)n3C3CC3)cc2)CC(C)O1. The van der Waals surface area contributed by atoms with Crippen molar-refractivity contribution >= 4 is 16.8 Å². The molecule has 7 nitrogen and oxygen atoms in total. The number of amides is 1. The Bertz CT molecular complexity index is 1240. The lowest BCUT2D eigenvalue weighted by Crippen LogP contribution is -2.44. The van der Waals surface area contributed by atoms with Gasteiger partial charge in [0.2, 0.25) is 5.91 Å². The van der Waals surface area contributed by atoms with Crippen LogP contribution in [0, 0.1) is 0 Å². The average molecular weight is 475 g/mol. The summed E-state index contributed by atoms with van der Waals surface area (Å²) in [5.74, 6) is 0.678. The maximum atomic E-state index is 13.0. The minimum absolute atomic E-state index is 0.00888. The molecule has 2 heterocycles. The molecule has 2 atom stereocenters. The van der Waals surface area contributed by atoms with Crippen molar-refractivity contribution in [3.8, 4) is 0 Å². The Balaban J connectivity index is 1.15. The van der Waals surface area contributed by atoms with E-state index in [0.29, 0.717) is 36.1 Å². The summed E-state index contributed by atoms with van der Waals surface area (Å²) in [7, 11) is 0. The van der Waals surface area contributed by atoms with Crippen molar-refractivity contribution in [2.75, 3.05) is 13.1 Å². The van der Waals surface area contributed by atoms with Crippen molar-refractivity contribution in [1.29, 1.82) is 0 Å². The molecule has 1 aliphatic heterocycles. The van der Waals surface area contributed by atoms with Gasteiger partial charge in [0, 0.05) is 45.1 Å². The number of carbonyl (C=O) groups excluding carboxylic acids is 1. The molecule has 1 amide bonds. The van der Waals surface area contributed by atoms with E-state index in [2.05, 4.69) is 48.3 Å². The number of hydrogen-bond donors (Lipinski definition) is 1. The van der Waals surface area contributed by atoms with Crippen LogP contribution in [0.1, 0.15) is 56.1 Å². The van der Waals surface area contributed by atoms with E-state index in [1.165, 1.54) is 5.56 Å². The molecule has 7 heteroatoms. The first kappa shape index (κ1) is 23.7. The average Bonchev–Trinajstić information content (AvgIpc) is 3.67. The maximum absolute atomic E-state index is 13.0. The Labute approximate surface area is 206 Å². The number of rotatable bonds is 8. The van der Waals surface area contributed by atoms with Gasteiger partial charge >= 0.3 is 0 Å². The monoisotopic (exact) mass is 474 g/mol. The number of morpholine rings is 1. The van der Waals surface area contributed by atoms with Crippen LogP contribution in [0.5, 0.6) is 0 Å². The van der Waals surface area contributed by atoms with Gasteiger partial charge in [0.05, 0.1) is 23.1 Å². The summed E-state index contributed by atoms with van der Waals surface area (Å²) in [4.78, 5) is 32.7. The molecule has 2 aromatic carbocycles. The molecule has 1 saturated heterocycles. The van der Waals surface area contributed by atoms with Gasteiger partial charge in [0.15, 0.2) is 0 Å². The van der Waals surface area contributed by atoms with Gasteiger partial charge in [-0.05, 0) is 49.9 Å². The molecule has 1 aromatic heterocycles. The van der Waals surface area contributed by atoms with Gasteiger partial charge in [-0.15, -0.1) is 0 Å². The van der Waals surface area contributed by atoms with E-state index in [9.17, 15) is 9.59 Å². The number of benzene rings is 2. The van der Waals surface area contributed by atoms with Gasteiger partial charge in [0.25, 0.3) is 5.56 Å². The standard InChI is InChI=1S/C28H34N4O3/c1-19-16-31(17-20(2)35-19)18-22-9-7-21(8-10-22)15-29-27(33)14-13-26-30-25-6-4-3-5-24(25)28(34)32(26)23-11-12-23/h3-10,19-20,23H,11-18H2,1-2H3,(H,29,33). The lowest BCUT2D eigenvalue weighted by molar-refractivity contribution is -0.121. The molecular formula is C28H34N4O3. The molecule has 0 spiro atoms. The van der Waals surface area contributed by atoms with E-state index >= 15 is 0 Å². The second-order valence-electron chi connectivity index (χ2n) is 10.00. The highest BCUT2D eigenvalue weighted by atomic mass is 16.5. The van der Waals surface area contributed by atoms with Gasteiger partial charge in [-0.25, -0.2) is 4.98 Å². The summed E-state index contributed by atoms with van der Waals surface area (Å²) in [6.45, 7) is 7.54. The van der Waals surface area contributed by atoms with Crippen LogP contribution >= 0.6 is 0 Å². The Hall–Kier alpha value is -3.03. The predicted molar refractivity (Wildman–Crippen MR) is 136 cm³/mol. The largest absolute Gasteiger partial charge is 0.373 e. The Morgan fingerprint density at radius 3 is 2.43 bits per heavy atom. The second kappa shape index (κ2) is 10.3. The molecule has 1 N–H and O–H groups in total. The third-order valence-corrected chi connectivity index (χ3v) is 6.78. The van der Waals surface area contributed by atoms with Crippen LogP contribution in [0.3, 0.4) is 0 Å². The van der Waals surface area contributed by atoms with Gasteiger partial charge in [-0.3, -0.25) is 19.1 Å². The number of fused-ring (bicyclic) bond motifs is 1. The first-order valence-electron chi connectivity index (χ1n) is 12.7. The van der Waals surface area contributed by atoms with E-state index < -0.39 is 0 Å². The molecule has 0 radical (unpaired) electrons. The highest BCUT2D eigenvalue weighted by molar-refractivity contribution is 5.78. The molecule has 0 bridgehead atoms. The Morgan fingerprint density at radius 1 is 1.03 bits per heavy atom. The highest BCUT2D eigenvalue weighted by Crippen LogP contribution is 2.34. The molecule has 35 heavy (non-hydrogen) atoms. The minimum Gasteiger partial charge on any atom is -0.373 e. The first-order chi connectivity index (χ1) is 17.0. The van der Waals surface area contributed by atoms with Gasteiger partial charge < -0.3 is 10.1 Å². The molecular weight excluding hydrogens is 440 g/mol. The fourth-order valence-electron chi connectivity index (χ4n) is 5.03. The van der Waals surface area contributed by atoms with Crippen molar-refractivity contribution in [2.45, 2.75) is 70.9 Å². The quantitative estimate of drug-likeness (QED) is 0.540. The summed E-state index contributed by atoms with van der Waals surface area (Å²) in [5.41, 5.74) is 3.05. The van der Waals surface area contributed by atoms with E-state index in [4.69, 9.17) is 9.72 Å². The summed E-state index contributed by atoms with van der Waals surface area (Å²) in [6.07, 6.45) is 3.28. The zero-order chi connectivity index (χ0) is 24.4. The normalized spacial score (nSPS) is 20.7. The Kier molecular flexibility index (Phi) is 6.97. The molecule has 1 saturated carbocycles. The highest BCUT2D eigenvalue weighted by Gasteiger charge is 2.28. The maximum Gasteiger partial charge on any atom is 0.261 e. The molecule has 2 unspecified atom stereocenters. The van der Waals surface area contributed by atoms with Crippen LogP contribution in [0.25, 0.3) is 10.9 Å². The summed E-state index contributed by atoms with van der Waals surface area (Å²) in [5, 5.41) is 3.66. The number of hydrogen-bond acceptors (Lipinski definition) is 5. The third-order valence-electron chi connectivity index (χ3n) is 6.78. The number of carbonyl (C=O) groups is 1. The van der Waals surface area contributed by atoms with Gasteiger partial charge in [0.1, 0.15) is 5.82 Å². The van der Waals surface area contributed by atoms with Crippen molar-refractivity contribution < 1.29 is 9.53 Å².